The minimum absolute atomic E-state index is 0.794. The summed E-state index contributed by atoms with van der Waals surface area (Å²) >= 11 is 5.53. The molecule has 2 fully saturated rings. The van der Waals surface area contributed by atoms with Crippen molar-refractivity contribution in [3.05, 3.63) is 28.7 Å². The van der Waals surface area contributed by atoms with Gasteiger partial charge in [0.05, 0.1) is 0 Å². The molecular formula is C14H19BrN2S. The topological polar surface area (TPSA) is 6.48 Å². The maximum atomic E-state index is 3.63. The second-order valence-corrected chi connectivity index (χ2v) is 7.09. The van der Waals surface area contributed by atoms with Crippen molar-refractivity contribution >= 4 is 27.9 Å². The average Bonchev–Trinajstić information content (AvgIpc) is 3.02. The largest absolute Gasteiger partial charge is 0.299 e. The van der Waals surface area contributed by atoms with Crippen LogP contribution in [-0.4, -0.2) is 41.4 Å². The summed E-state index contributed by atoms with van der Waals surface area (Å²) in [5, 5.41) is 0. The molecule has 2 aliphatic heterocycles. The first-order valence-corrected chi connectivity index (χ1v) is 8.31. The molecule has 0 aromatic heterocycles. The lowest BCUT2D eigenvalue weighted by molar-refractivity contribution is 0.252. The van der Waals surface area contributed by atoms with Gasteiger partial charge < -0.3 is 0 Å². The van der Waals surface area contributed by atoms with Crippen LogP contribution in [0.1, 0.15) is 19.3 Å². The molecule has 98 valence electrons. The highest BCUT2D eigenvalue weighted by atomic mass is 79.9. The van der Waals surface area contributed by atoms with E-state index in [4.69, 9.17) is 0 Å². The van der Waals surface area contributed by atoms with E-state index in [0.29, 0.717) is 0 Å². The van der Waals surface area contributed by atoms with Gasteiger partial charge in [0.1, 0.15) is 0 Å². The van der Waals surface area contributed by atoms with E-state index in [1.165, 1.54) is 54.8 Å². The van der Waals surface area contributed by atoms with Crippen LogP contribution in [0.5, 0.6) is 0 Å². The summed E-state index contributed by atoms with van der Waals surface area (Å²) in [7, 11) is 0. The van der Waals surface area contributed by atoms with Gasteiger partial charge in [-0.15, -0.1) is 0 Å². The van der Waals surface area contributed by atoms with E-state index >= 15 is 0 Å². The van der Waals surface area contributed by atoms with Crippen molar-refractivity contribution in [1.82, 2.24) is 9.21 Å². The van der Waals surface area contributed by atoms with E-state index < -0.39 is 0 Å². The van der Waals surface area contributed by atoms with Crippen LogP contribution in [0.25, 0.3) is 0 Å². The van der Waals surface area contributed by atoms with E-state index in [1.807, 2.05) is 11.9 Å². The Morgan fingerprint density at radius 1 is 1.11 bits per heavy atom. The summed E-state index contributed by atoms with van der Waals surface area (Å²) < 4.78 is 3.72. The van der Waals surface area contributed by atoms with Gasteiger partial charge in [-0.3, -0.25) is 4.90 Å². The lowest BCUT2D eigenvalue weighted by atomic mass is 10.2. The number of halogens is 1. The van der Waals surface area contributed by atoms with Crippen molar-refractivity contribution in [3.63, 3.8) is 0 Å². The molecule has 0 bridgehead atoms. The predicted molar refractivity (Wildman–Crippen MR) is 80.8 cm³/mol. The first-order chi connectivity index (χ1) is 8.83. The highest BCUT2D eigenvalue weighted by Crippen LogP contribution is 2.33. The first-order valence-electron chi connectivity index (χ1n) is 6.74. The fourth-order valence-electron chi connectivity index (χ4n) is 2.86. The van der Waals surface area contributed by atoms with Crippen LogP contribution < -0.4 is 0 Å². The molecule has 1 aromatic rings. The maximum Gasteiger partial charge on any atom is 0.0372 e. The molecule has 0 spiro atoms. The zero-order valence-electron chi connectivity index (χ0n) is 10.5. The van der Waals surface area contributed by atoms with Crippen molar-refractivity contribution < 1.29 is 0 Å². The fraction of sp³-hybridized carbons (Fsp3) is 0.571. The van der Waals surface area contributed by atoms with Crippen LogP contribution in [-0.2, 0) is 0 Å². The summed E-state index contributed by atoms with van der Waals surface area (Å²) in [5.41, 5.74) is 0. The standard InChI is InChI=1S/C14H19BrN2S/c15-13-5-1-2-6-14(13)18-17-10-7-12(11-17)16-8-3-4-9-16/h1-2,5-6,12H,3-4,7-11H2. The van der Waals surface area contributed by atoms with E-state index in [2.05, 4.69) is 49.4 Å². The summed E-state index contributed by atoms with van der Waals surface area (Å²) in [5.74, 6) is 0. The SMILES string of the molecule is Brc1ccccc1SN1CCC(N2CCCC2)C1. The number of hydrogen-bond donors (Lipinski definition) is 0. The van der Waals surface area contributed by atoms with Crippen molar-refractivity contribution in [1.29, 1.82) is 0 Å². The van der Waals surface area contributed by atoms with E-state index in [9.17, 15) is 0 Å². The molecule has 3 rings (SSSR count). The van der Waals surface area contributed by atoms with E-state index in [-0.39, 0.29) is 0 Å². The van der Waals surface area contributed by atoms with Gasteiger partial charge in [-0.2, -0.15) is 0 Å². The van der Waals surface area contributed by atoms with Gasteiger partial charge in [-0.25, -0.2) is 4.31 Å². The van der Waals surface area contributed by atoms with E-state index in [0.717, 1.165) is 6.04 Å². The second-order valence-electron chi connectivity index (χ2n) is 5.10. The van der Waals surface area contributed by atoms with Gasteiger partial charge in [0.2, 0.25) is 0 Å². The number of rotatable bonds is 3. The molecule has 0 saturated carbocycles. The summed E-state index contributed by atoms with van der Waals surface area (Å²) in [6.45, 7) is 5.07. The number of benzene rings is 1. The lowest BCUT2D eigenvalue weighted by Crippen LogP contribution is -2.34. The van der Waals surface area contributed by atoms with Crippen LogP contribution in [0.15, 0.2) is 33.6 Å². The molecular weight excluding hydrogens is 308 g/mol. The monoisotopic (exact) mass is 326 g/mol. The third-order valence-electron chi connectivity index (χ3n) is 3.85. The normalized spacial score (nSPS) is 25.9. The van der Waals surface area contributed by atoms with Crippen LogP contribution in [0.3, 0.4) is 0 Å². The maximum absolute atomic E-state index is 3.63. The van der Waals surface area contributed by atoms with Crippen LogP contribution >= 0.6 is 27.9 Å². The smallest absolute Gasteiger partial charge is 0.0372 e. The fourth-order valence-corrected chi connectivity index (χ4v) is 4.37. The molecule has 18 heavy (non-hydrogen) atoms. The Hall–Kier alpha value is -0.0300. The van der Waals surface area contributed by atoms with Gasteiger partial charge in [-0.1, -0.05) is 12.1 Å². The quantitative estimate of drug-likeness (QED) is 0.783. The Balaban J connectivity index is 1.57. The van der Waals surface area contributed by atoms with Gasteiger partial charge in [0.15, 0.2) is 0 Å². The summed E-state index contributed by atoms with van der Waals surface area (Å²) in [6, 6.07) is 9.29. The molecule has 1 aromatic carbocycles. The predicted octanol–water partition coefficient (Wildman–Crippen LogP) is 3.63. The molecule has 1 unspecified atom stereocenters. The Morgan fingerprint density at radius 2 is 1.89 bits per heavy atom. The molecule has 1 atom stereocenters. The molecule has 0 amide bonds. The second kappa shape index (κ2) is 5.95. The van der Waals surface area contributed by atoms with Gasteiger partial charge in [-0.05, 0) is 72.4 Å². The van der Waals surface area contributed by atoms with Crippen LogP contribution in [0, 0.1) is 0 Å². The number of hydrogen-bond acceptors (Lipinski definition) is 3. The van der Waals surface area contributed by atoms with Crippen LogP contribution in [0.2, 0.25) is 0 Å². The Kier molecular flexibility index (Phi) is 4.29. The van der Waals surface area contributed by atoms with Gasteiger partial charge >= 0.3 is 0 Å². The Labute approximate surface area is 122 Å². The molecule has 2 heterocycles. The minimum Gasteiger partial charge on any atom is -0.299 e. The Morgan fingerprint density at radius 3 is 2.67 bits per heavy atom. The first kappa shape index (κ1) is 13.0. The highest BCUT2D eigenvalue weighted by molar-refractivity contribution is 9.10. The molecule has 2 nitrogen and oxygen atoms in total. The summed E-state index contributed by atoms with van der Waals surface area (Å²) in [6.07, 6.45) is 4.12. The molecule has 0 aliphatic carbocycles. The van der Waals surface area contributed by atoms with Gasteiger partial charge in [0.25, 0.3) is 0 Å². The third kappa shape index (κ3) is 2.93. The summed E-state index contributed by atoms with van der Waals surface area (Å²) in [4.78, 5) is 4.01. The number of nitrogens with zero attached hydrogens (tertiary/aromatic N) is 2. The molecule has 4 heteroatoms. The van der Waals surface area contributed by atoms with Crippen LogP contribution in [0.4, 0.5) is 0 Å². The molecule has 2 saturated heterocycles. The van der Waals surface area contributed by atoms with Crippen molar-refractivity contribution in [2.24, 2.45) is 0 Å². The average molecular weight is 327 g/mol. The highest BCUT2D eigenvalue weighted by Gasteiger charge is 2.29. The van der Waals surface area contributed by atoms with E-state index in [1.54, 1.807) is 0 Å². The lowest BCUT2D eigenvalue weighted by Gasteiger charge is -2.23. The van der Waals surface area contributed by atoms with Crippen molar-refractivity contribution in [2.45, 2.75) is 30.2 Å². The van der Waals surface area contributed by atoms with Gasteiger partial charge in [0, 0.05) is 28.5 Å². The molecule has 0 radical (unpaired) electrons. The number of likely N-dealkylation sites (tertiary alicyclic amines) is 1. The minimum atomic E-state index is 0.794. The molecule has 0 N–H and O–H groups in total. The third-order valence-corrected chi connectivity index (χ3v) is 5.94. The molecule has 2 aliphatic rings. The Bertz CT molecular complexity index is 407. The zero-order chi connectivity index (χ0) is 12.4. The van der Waals surface area contributed by atoms with Crippen molar-refractivity contribution in [3.8, 4) is 0 Å². The van der Waals surface area contributed by atoms with Crippen molar-refractivity contribution in [2.75, 3.05) is 26.2 Å². The zero-order valence-corrected chi connectivity index (χ0v) is 12.9.